The molecule has 0 spiro atoms. The molecule has 102 valence electrons. The minimum atomic E-state index is -1.11. The van der Waals surface area contributed by atoms with E-state index in [0.29, 0.717) is 0 Å². The van der Waals surface area contributed by atoms with E-state index in [2.05, 4.69) is 16.0 Å². The average Bonchev–Trinajstić information content (AvgIpc) is 2.32. The number of amides is 1. The SMILES string of the molecule is C#CCOC[C@H](CN)C(=O)NC(C)(C)C(=O)OC. The average molecular weight is 256 g/mol. The second kappa shape index (κ2) is 7.69. The molecular weight excluding hydrogens is 236 g/mol. The van der Waals surface area contributed by atoms with Crippen LogP contribution in [0.25, 0.3) is 0 Å². The van der Waals surface area contributed by atoms with Gasteiger partial charge in [0.25, 0.3) is 0 Å². The molecule has 0 aromatic rings. The first-order chi connectivity index (χ1) is 8.38. The number of methoxy groups -OCH3 is 1. The monoisotopic (exact) mass is 256 g/mol. The molecule has 0 heterocycles. The number of carbonyl (C=O) groups excluding carboxylic acids is 2. The normalized spacial score (nSPS) is 12.4. The van der Waals surface area contributed by atoms with E-state index in [-0.39, 0.29) is 25.7 Å². The second-order valence-electron chi connectivity index (χ2n) is 4.26. The summed E-state index contributed by atoms with van der Waals surface area (Å²) in [5, 5.41) is 2.56. The zero-order valence-corrected chi connectivity index (χ0v) is 11.0. The Morgan fingerprint density at radius 2 is 2.11 bits per heavy atom. The van der Waals surface area contributed by atoms with Crippen LogP contribution in [0.2, 0.25) is 0 Å². The predicted molar refractivity (Wildman–Crippen MR) is 66.4 cm³/mol. The van der Waals surface area contributed by atoms with E-state index in [1.54, 1.807) is 13.8 Å². The lowest BCUT2D eigenvalue weighted by Gasteiger charge is -2.25. The molecular formula is C12H20N2O4. The van der Waals surface area contributed by atoms with Crippen molar-refractivity contribution in [3.8, 4) is 12.3 Å². The highest BCUT2D eigenvalue weighted by Gasteiger charge is 2.32. The summed E-state index contributed by atoms with van der Waals surface area (Å²) < 4.78 is 9.65. The third kappa shape index (κ3) is 5.17. The molecule has 0 radical (unpaired) electrons. The number of carbonyl (C=O) groups is 2. The van der Waals surface area contributed by atoms with Crippen molar-refractivity contribution in [3.63, 3.8) is 0 Å². The quantitative estimate of drug-likeness (QED) is 0.356. The van der Waals surface area contributed by atoms with Gasteiger partial charge in [0, 0.05) is 6.54 Å². The van der Waals surface area contributed by atoms with Crippen molar-refractivity contribution in [1.82, 2.24) is 5.32 Å². The lowest BCUT2D eigenvalue weighted by molar-refractivity contribution is -0.150. The van der Waals surface area contributed by atoms with Crippen LogP contribution in [0, 0.1) is 18.3 Å². The number of hydrogen-bond donors (Lipinski definition) is 2. The van der Waals surface area contributed by atoms with Crippen LogP contribution in [0.4, 0.5) is 0 Å². The number of terminal acetylenes is 1. The molecule has 0 aromatic carbocycles. The fraction of sp³-hybridized carbons (Fsp3) is 0.667. The number of ether oxygens (including phenoxy) is 2. The number of nitrogens with two attached hydrogens (primary N) is 1. The highest BCUT2D eigenvalue weighted by atomic mass is 16.5. The van der Waals surface area contributed by atoms with E-state index in [9.17, 15) is 9.59 Å². The lowest BCUT2D eigenvalue weighted by atomic mass is 10.0. The molecule has 0 aliphatic heterocycles. The Bertz CT molecular complexity index is 333. The van der Waals surface area contributed by atoms with Crippen LogP contribution in [0.1, 0.15) is 13.8 Å². The predicted octanol–water partition coefficient (Wildman–Crippen LogP) is -0.721. The highest BCUT2D eigenvalue weighted by Crippen LogP contribution is 2.07. The van der Waals surface area contributed by atoms with E-state index in [1.807, 2.05) is 0 Å². The van der Waals surface area contributed by atoms with Crippen LogP contribution in [0.3, 0.4) is 0 Å². The van der Waals surface area contributed by atoms with Gasteiger partial charge in [-0.05, 0) is 13.8 Å². The van der Waals surface area contributed by atoms with Gasteiger partial charge in [-0.15, -0.1) is 6.42 Å². The lowest BCUT2D eigenvalue weighted by Crippen LogP contribution is -2.53. The smallest absolute Gasteiger partial charge is 0.330 e. The van der Waals surface area contributed by atoms with Crippen LogP contribution in [0.5, 0.6) is 0 Å². The van der Waals surface area contributed by atoms with Gasteiger partial charge in [-0.2, -0.15) is 0 Å². The Kier molecular flexibility index (Phi) is 7.01. The van der Waals surface area contributed by atoms with E-state index < -0.39 is 17.4 Å². The maximum Gasteiger partial charge on any atom is 0.330 e. The minimum absolute atomic E-state index is 0.105. The Hall–Kier alpha value is -1.58. The maximum atomic E-state index is 11.9. The van der Waals surface area contributed by atoms with Crippen LogP contribution >= 0.6 is 0 Å². The van der Waals surface area contributed by atoms with Gasteiger partial charge in [0.15, 0.2) is 0 Å². The van der Waals surface area contributed by atoms with Gasteiger partial charge in [-0.25, -0.2) is 4.79 Å². The molecule has 0 aliphatic carbocycles. The molecule has 1 amide bonds. The number of hydrogen-bond acceptors (Lipinski definition) is 5. The van der Waals surface area contributed by atoms with Crippen molar-refractivity contribution in [2.24, 2.45) is 11.7 Å². The van der Waals surface area contributed by atoms with Crippen molar-refractivity contribution < 1.29 is 19.1 Å². The second-order valence-corrected chi connectivity index (χ2v) is 4.26. The summed E-state index contributed by atoms with van der Waals surface area (Å²) in [6.45, 7) is 3.43. The van der Waals surface area contributed by atoms with Crippen LogP contribution < -0.4 is 11.1 Å². The van der Waals surface area contributed by atoms with E-state index in [0.717, 1.165) is 0 Å². The molecule has 0 saturated heterocycles. The molecule has 6 heteroatoms. The number of esters is 1. The summed E-state index contributed by atoms with van der Waals surface area (Å²) in [7, 11) is 1.26. The van der Waals surface area contributed by atoms with Crippen molar-refractivity contribution in [3.05, 3.63) is 0 Å². The van der Waals surface area contributed by atoms with Gasteiger partial charge >= 0.3 is 5.97 Å². The van der Waals surface area contributed by atoms with E-state index >= 15 is 0 Å². The van der Waals surface area contributed by atoms with Gasteiger partial charge < -0.3 is 20.5 Å². The molecule has 6 nitrogen and oxygen atoms in total. The molecule has 1 atom stereocenters. The summed E-state index contributed by atoms with van der Waals surface area (Å²) in [6, 6.07) is 0. The molecule has 0 aliphatic rings. The van der Waals surface area contributed by atoms with Crippen molar-refractivity contribution in [1.29, 1.82) is 0 Å². The molecule has 0 rings (SSSR count). The van der Waals surface area contributed by atoms with Crippen molar-refractivity contribution in [2.75, 3.05) is 26.9 Å². The molecule has 0 bridgehead atoms. The highest BCUT2D eigenvalue weighted by molar-refractivity contribution is 5.88. The molecule has 0 saturated carbocycles. The third-order valence-electron chi connectivity index (χ3n) is 2.29. The van der Waals surface area contributed by atoms with Gasteiger partial charge in [-0.1, -0.05) is 5.92 Å². The maximum absolute atomic E-state index is 11.9. The summed E-state index contributed by atoms with van der Waals surface area (Å²) in [6.07, 6.45) is 5.02. The minimum Gasteiger partial charge on any atom is -0.467 e. The number of nitrogens with one attached hydrogen (secondary N) is 1. The van der Waals surface area contributed by atoms with Gasteiger partial charge in [0.1, 0.15) is 12.1 Å². The van der Waals surface area contributed by atoms with Gasteiger partial charge in [0.2, 0.25) is 5.91 Å². The largest absolute Gasteiger partial charge is 0.467 e. The number of rotatable bonds is 7. The fourth-order valence-electron chi connectivity index (χ4n) is 1.23. The molecule has 0 unspecified atom stereocenters. The Morgan fingerprint density at radius 3 is 2.56 bits per heavy atom. The van der Waals surface area contributed by atoms with Gasteiger partial charge in [-0.3, -0.25) is 4.79 Å². The van der Waals surface area contributed by atoms with E-state index in [4.69, 9.17) is 16.9 Å². The van der Waals surface area contributed by atoms with Crippen molar-refractivity contribution >= 4 is 11.9 Å². The van der Waals surface area contributed by atoms with Crippen LogP contribution in [-0.2, 0) is 19.1 Å². The van der Waals surface area contributed by atoms with Crippen molar-refractivity contribution in [2.45, 2.75) is 19.4 Å². The first-order valence-corrected chi connectivity index (χ1v) is 5.50. The third-order valence-corrected chi connectivity index (χ3v) is 2.29. The van der Waals surface area contributed by atoms with Gasteiger partial charge in [0.05, 0.1) is 19.6 Å². The first-order valence-electron chi connectivity index (χ1n) is 5.50. The topological polar surface area (TPSA) is 90.6 Å². The van der Waals surface area contributed by atoms with Crippen LogP contribution in [-0.4, -0.2) is 44.3 Å². The summed E-state index contributed by atoms with van der Waals surface area (Å²) >= 11 is 0. The summed E-state index contributed by atoms with van der Waals surface area (Å²) in [4.78, 5) is 23.3. The Balaban J connectivity index is 4.44. The molecule has 0 aromatic heterocycles. The Labute approximate surface area is 107 Å². The fourth-order valence-corrected chi connectivity index (χ4v) is 1.23. The summed E-state index contributed by atoms with van der Waals surface area (Å²) in [5.41, 5.74) is 4.37. The van der Waals surface area contributed by atoms with E-state index in [1.165, 1.54) is 7.11 Å². The summed E-state index contributed by atoms with van der Waals surface area (Å²) in [5.74, 6) is 0.838. The zero-order valence-electron chi connectivity index (χ0n) is 11.0. The zero-order chi connectivity index (χ0) is 14.2. The molecule has 0 fully saturated rings. The first kappa shape index (κ1) is 16.4. The van der Waals surface area contributed by atoms with Crippen LogP contribution in [0.15, 0.2) is 0 Å². The standard InChI is InChI=1S/C12H20N2O4/c1-5-6-18-8-9(7-13)10(15)14-12(2,3)11(16)17-4/h1,9H,6-8,13H2,2-4H3,(H,14,15)/t9-/m0/s1. The Morgan fingerprint density at radius 1 is 1.50 bits per heavy atom. The molecule has 18 heavy (non-hydrogen) atoms. The molecule has 3 N–H and O–H groups in total.